The molecule has 2 aliphatic carbocycles. The zero-order chi connectivity index (χ0) is 31.4. The van der Waals surface area contributed by atoms with Gasteiger partial charge < -0.3 is 20.3 Å². The number of amides is 3. The Kier molecular flexibility index (Phi) is 7.77. The number of pyridine rings is 1. The zero-order valence-corrected chi connectivity index (χ0v) is 24.1. The zero-order valence-electron chi connectivity index (χ0n) is 24.1. The predicted molar refractivity (Wildman–Crippen MR) is 146 cm³/mol. The molecule has 3 aliphatic rings. The monoisotopic (exact) mass is 603 g/mol. The molecule has 2 saturated carbocycles. The van der Waals surface area contributed by atoms with Gasteiger partial charge in [0.2, 0.25) is 11.8 Å². The second kappa shape index (κ2) is 11.0. The third-order valence-corrected chi connectivity index (χ3v) is 9.19. The summed E-state index contributed by atoms with van der Waals surface area (Å²) in [6, 6.07) is 3.18. The predicted octanol–water partition coefficient (Wildman–Crippen LogP) is 3.84. The highest BCUT2D eigenvalue weighted by molar-refractivity contribution is 5.95. The molecule has 3 amide bonds. The first-order valence-corrected chi connectivity index (χ1v) is 14.1. The molecule has 3 fully saturated rings. The molecule has 5 rings (SSSR count). The quantitative estimate of drug-likeness (QED) is 0.484. The van der Waals surface area contributed by atoms with Gasteiger partial charge in [0.15, 0.2) is 0 Å². The summed E-state index contributed by atoms with van der Waals surface area (Å²) in [4.78, 5) is 45.4. The average Bonchev–Trinajstić information content (AvgIpc) is 3.62. The van der Waals surface area contributed by atoms with Crippen molar-refractivity contribution in [3.05, 3.63) is 36.2 Å². The number of rotatable bonds is 6. The number of aromatic nitrogens is 1. The molecule has 1 saturated heterocycles. The lowest BCUT2D eigenvalue weighted by Crippen LogP contribution is -2.60. The highest BCUT2D eigenvalue weighted by Gasteiger charge is 2.63. The van der Waals surface area contributed by atoms with E-state index in [1.165, 1.54) is 39.0 Å². The minimum Gasteiger partial charge on any atom is -0.496 e. The third-order valence-electron chi connectivity index (χ3n) is 9.19. The van der Waals surface area contributed by atoms with Crippen LogP contribution in [0.5, 0.6) is 5.75 Å². The lowest BCUT2D eigenvalue weighted by atomic mass is 9.77. The normalized spacial score (nSPS) is 27.7. The molecule has 1 aromatic carbocycles. The van der Waals surface area contributed by atoms with Crippen molar-refractivity contribution in [2.75, 3.05) is 13.7 Å². The van der Waals surface area contributed by atoms with E-state index in [9.17, 15) is 32.8 Å². The van der Waals surface area contributed by atoms with Crippen LogP contribution in [-0.2, 0) is 14.4 Å². The minimum atomic E-state index is -5.23. The molecule has 0 spiro atoms. The lowest BCUT2D eigenvalue weighted by molar-refractivity contribution is -0.176. The van der Waals surface area contributed by atoms with Gasteiger partial charge in [0, 0.05) is 35.3 Å². The summed E-state index contributed by atoms with van der Waals surface area (Å²) in [6.45, 7) is 4.55. The second-order valence-corrected chi connectivity index (χ2v) is 12.7. The average molecular weight is 604 g/mol. The number of hydrogen-bond acceptors (Lipinski definition) is 6. The first-order chi connectivity index (χ1) is 20.2. The van der Waals surface area contributed by atoms with Gasteiger partial charge >= 0.3 is 12.1 Å². The van der Waals surface area contributed by atoms with Crippen LogP contribution < -0.4 is 15.4 Å². The lowest BCUT2D eigenvalue weighted by Gasteiger charge is -2.37. The van der Waals surface area contributed by atoms with Crippen molar-refractivity contribution < 1.29 is 36.7 Å². The van der Waals surface area contributed by atoms with Crippen LogP contribution in [0.1, 0.15) is 45.2 Å². The fraction of sp³-hybridized carbons (Fsp3) is 0.567. The Hall–Kier alpha value is -3.95. The number of benzene rings is 1. The van der Waals surface area contributed by atoms with E-state index in [0.29, 0.717) is 28.5 Å². The number of halogens is 4. The van der Waals surface area contributed by atoms with Gasteiger partial charge in [-0.15, -0.1) is 0 Å². The minimum absolute atomic E-state index is 0.0325. The second-order valence-electron chi connectivity index (χ2n) is 12.7. The summed E-state index contributed by atoms with van der Waals surface area (Å²) < 4.78 is 60.1. The molecular formula is C30H33F4N5O4. The van der Waals surface area contributed by atoms with Crippen molar-refractivity contribution in [3.63, 3.8) is 0 Å². The molecular weight excluding hydrogens is 570 g/mol. The smallest absolute Gasteiger partial charge is 0.471 e. The molecule has 13 heteroatoms. The summed E-state index contributed by atoms with van der Waals surface area (Å²) in [7, 11) is 1.47. The van der Waals surface area contributed by atoms with Gasteiger partial charge in [-0.2, -0.15) is 18.4 Å². The van der Waals surface area contributed by atoms with Crippen molar-refractivity contribution in [3.8, 4) is 11.8 Å². The topological polar surface area (TPSA) is 124 Å². The molecule has 43 heavy (non-hydrogen) atoms. The van der Waals surface area contributed by atoms with Crippen LogP contribution in [-0.4, -0.2) is 65.7 Å². The van der Waals surface area contributed by atoms with Crippen LogP contribution >= 0.6 is 0 Å². The number of carbonyl (C=O) groups excluding carboxylic acids is 3. The fourth-order valence-corrected chi connectivity index (χ4v) is 7.32. The molecule has 1 aliphatic heterocycles. The maximum Gasteiger partial charge on any atom is 0.471 e. The Morgan fingerprint density at radius 3 is 2.47 bits per heavy atom. The molecule has 1 aromatic heterocycles. The molecule has 2 N–H and O–H groups in total. The molecule has 8 unspecified atom stereocenters. The van der Waals surface area contributed by atoms with Crippen LogP contribution in [0, 0.1) is 40.4 Å². The SMILES string of the molecule is COc1cccc2cncc(C(C#N)NC(=O)C3C4C5CC(CC5F)C4CN3C(=O)C(NC(=O)C(F)(F)F)C(C)(C)C)c12. The molecule has 9 nitrogen and oxygen atoms in total. The number of carbonyl (C=O) groups is 3. The van der Waals surface area contributed by atoms with E-state index >= 15 is 4.39 Å². The van der Waals surface area contributed by atoms with Crippen molar-refractivity contribution in [2.24, 2.45) is 29.1 Å². The van der Waals surface area contributed by atoms with Gasteiger partial charge in [-0.25, -0.2) is 4.39 Å². The van der Waals surface area contributed by atoms with Gasteiger partial charge in [-0.05, 0) is 48.0 Å². The Labute approximate surface area is 245 Å². The van der Waals surface area contributed by atoms with Gasteiger partial charge in [0.25, 0.3) is 0 Å². The number of likely N-dealkylation sites (tertiary alicyclic amines) is 1. The van der Waals surface area contributed by atoms with Gasteiger partial charge in [0.05, 0.1) is 13.2 Å². The molecule has 8 atom stereocenters. The van der Waals surface area contributed by atoms with Crippen molar-refractivity contribution >= 4 is 28.5 Å². The van der Waals surface area contributed by atoms with Crippen molar-refractivity contribution in [1.29, 1.82) is 5.26 Å². The van der Waals surface area contributed by atoms with Crippen LogP contribution in [0.15, 0.2) is 30.6 Å². The van der Waals surface area contributed by atoms with Crippen LogP contribution in [0.25, 0.3) is 10.8 Å². The summed E-state index contributed by atoms with van der Waals surface area (Å²) >= 11 is 0. The van der Waals surface area contributed by atoms with Crippen molar-refractivity contribution in [1.82, 2.24) is 20.5 Å². The van der Waals surface area contributed by atoms with Crippen LogP contribution in [0.4, 0.5) is 17.6 Å². The Bertz CT molecular complexity index is 1480. The standard InChI is InChI=1S/C30H33F4N5O4/c1-29(2,3)25(38-28(42)30(32,33)34)27(41)39-13-18-15-8-16(19(31)9-15)23(18)24(39)26(40)37-20(10-35)17-12-36-11-14-6-5-7-21(43-4)22(14)17/h5-7,11-12,15-16,18-20,23-25H,8-9,13H2,1-4H3,(H,37,40)(H,38,42). The molecule has 0 radical (unpaired) electrons. The third kappa shape index (κ3) is 5.36. The summed E-state index contributed by atoms with van der Waals surface area (Å²) in [5.41, 5.74) is -0.807. The number of nitrogens with zero attached hydrogens (tertiary/aromatic N) is 3. The van der Waals surface area contributed by atoms with E-state index in [4.69, 9.17) is 4.74 Å². The molecule has 2 heterocycles. The maximum atomic E-state index is 15.0. The number of hydrogen-bond donors (Lipinski definition) is 2. The van der Waals surface area contributed by atoms with Crippen molar-refractivity contribution in [2.45, 2.75) is 64.1 Å². The number of fused-ring (bicyclic) bond motifs is 6. The van der Waals surface area contributed by atoms with Gasteiger partial charge in [0.1, 0.15) is 30.0 Å². The molecule has 2 aromatic rings. The number of alkyl halides is 4. The Balaban J connectivity index is 1.51. The molecule has 230 valence electrons. The van der Waals surface area contributed by atoms with Crippen LogP contribution in [0.3, 0.4) is 0 Å². The van der Waals surface area contributed by atoms with E-state index in [1.807, 2.05) is 5.32 Å². The fourth-order valence-electron chi connectivity index (χ4n) is 7.32. The van der Waals surface area contributed by atoms with E-state index in [2.05, 4.69) is 16.4 Å². The van der Waals surface area contributed by atoms with E-state index in [0.717, 1.165) is 0 Å². The van der Waals surface area contributed by atoms with Gasteiger partial charge in [-0.1, -0.05) is 32.9 Å². The Morgan fingerprint density at radius 1 is 1.12 bits per heavy atom. The summed E-state index contributed by atoms with van der Waals surface area (Å²) in [5, 5.41) is 15.9. The van der Waals surface area contributed by atoms with E-state index in [-0.39, 0.29) is 24.8 Å². The first kappa shape index (κ1) is 30.5. The maximum absolute atomic E-state index is 15.0. The Morgan fingerprint density at radius 2 is 1.84 bits per heavy atom. The van der Waals surface area contributed by atoms with Gasteiger partial charge in [-0.3, -0.25) is 19.4 Å². The summed E-state index contributed by atoms with van der Waals surface area (Å²) in [5.74, 6) is -4.84. The molecule has 2 bridgehead atoms. The van der Waals surface area contributed by atoms with Crippen LogP contribution in [0.2, 0.25) is 0 Å². The van der Waals surface area contributed by atoms with E-state index in [1.54, 1.807) is 24.4 Å². The number of nitriles is 1. The highest BCUT2D eigenvalue weighted by atomic mass is 19.4. The number of methoxy groups -OCH3 is 1. The number of ether oxygens (including phenoxy) is 1. The first-order valence-electron chi connectivity index (χ1n) is 14.1. The van der Waals surface area contributed by atoms with E-state index < -0.39 is 65.4 Å². The largest absolute Gasteiger partial charge is 0.496 e. The number of nitrogens with one attached hydrogen (secondary N) is 2. The summed E-state index contributed by atoms with van der Waals surface area (Å²) in [6.07, 6.45) is -2.57. The highest BCUT2D eigenvalue weighted by Crippen LogP contribution is 2.58.